The molecule has 2 aromatic rings. The lowest BCUT2D eigenvalue weighted by molar-refractivity contribution is 0.0639. The van der Waals surface area contributed by atoms with Gasteiger partial charge in [0.15, 0.2) is 0 Å². The minimum Gasteiger partial charge on any atom is -0.497 e. The largest absolute Gasteiger partial charge is 0.497 e. The summed E-state index contributed by atoms with van der Waals surface area (Å²) in [7, 11) is 3.24. The summed E-state index contributed by atoms with van der Waals surface area (Å²) < 4.78 is 10.8. The molecule has 0 N–H and O–H groups in total. The molecule has 1 aliphatic heterocycles. The molecule has 1 atom stereocenters. The van der Waals surface area contributed by atoms with Gasteiger partial charge in [-0.05, 0) is 48.4 Å². The molecule has 0 spiro atoms. The fraction of sp³-hybridized carbons (Fsp3) is 0.500. The summed E-state index contributed by atoms with van der Waals surface area (Å²) >= 11 is 0. The molecule has 1 aliphatic carbocycles. The van der Waals surface area contributed by atoms with Crippen LogP contribution in [-0.4, -0.2) is 31.6 Å². The van der Waals surface area contributed by atoms with Gasteiger partial charge < -0.3 is 14.4 Å². The first kappa shape index (κ1) is 20.8. The molecule has 1 heterocycles. The van der Waals surface area contributed by atoms with Gasteiger partial charge in [0, 0.05) is 18.2 Å². The second-order valence-electron chi connectivity index (χ2n) is 8.65. The van der Waals surface area contributed by atoms with Crippen molar-refractivity contribution in [2.45, 2.75) is 57.4 Å². The van der Waals surface area contributed by atoms with E-state index in [4.69, 9.17) is 9.47 Å². The van der Waals surface area contributed by atoms with Gasteiger partial charge in [-0.15, -0.1) is 0 Å². The van der Waals surface area contributed by atoms with Gasteiger partial charge in [-0.3, -0.25) is 4.79 Å². The van der Waals surface area contributed by atoms with E-state index in [2.05, 4.69) is 29.2 Å². The molecule has 0 radical (unpaired) electrons. The standard InChI is InChI=1S/C26H33NO3/c1-29-22-16-21(17-23(18-22)30-2)26(28)27-15-14-20-10-6-7-11-24(20)25(27)13-12-19-8-4-3-5-9-19/h6-7,10-11,16-19,25H,3-5,8-9,12-15H2,1-2H3. The predicted octanol–water partition coefficient (Wildman–Crippen LogP) is 5.80. The number of hydrogen-bond acceptors (Lipinski definition) is 3. The molecule has 4 heteroatoms. The van der Waals surface area contributed by atoms with Crippen molar-refractivity contribution in [1.29, 1.82) is 0 Å². The molecule has 4 rings (SSSR count). The van der Waals surface area contributed by atoms with E-state index < -0.39 is 0 Å². The normalized spacial score (nSPS) is 19.3. The highest BCUT2D eigenvalue weighted by Crippen LogP contribution is 2.38. The second kappa shape index (κ2) is 9.55. The number of carbonyl (C=O) groups is 1. The molecule has 160 valence electrons. The Kier molecular flexibility index (Phi) is 6.61. The Hall–Kier alpha value is -2.49. The predicted molar refractivity (Wildman–Crippen MR) is 119 cm³/mol. The number of amides is 1. The third-order valence-corrected chi connectivity index (χ3v) is 6.84. The van der Waals surface area contributed by atoms with Crippen molar-refractivity contribution in [2.24, 2.45) is 5.92 Å². The zero-order chi connectivity index (χ0) is 20.9. The first-order valence-electron chi connectivity index (χ1n) is 11.3. The summed E-state index contributed by atoms with van der Waals surface area (Å²) in [6.45, 7) is 0.755. The number of carbonyl (C=O) groups excluding carboxylic acids is 1. The fourth-order valence-corrected chi connectivity index (χ4v) is 5.17. The van der Waals surface area contributed by atoms with Crippen LogP contribution in [0.1, 0.15) is 72.5 Å². The minimum absolute atomic E-state index is 0.0651. The lowest BCUT2D eigenvalue weighted by Crippen LogP contribution is -2.40. The molecule has 0 bridgehead atoms. The van der Waals surface area contributed by atoms with Crippen LogP contribution in [0.4, 0.5) is 0 Å². The molecule has 1 amide bonds. The summed E-state index contributed by atoms with van der Waals surface area (Å²) in [5.74, 6) is 2.17. The third kappa shape index (κ3) is 4.48. The summed E-state index contributed by atoms with van der Waals surface area (Å²) in [6.07, 6.45) is 9.92. The van der Waals surface area contributed by atoms with E-state index in [9.17, 15) is 4.79 Å². The number of nitrogens with zero attached hydrogens (tertiary/aromatic N) is 1. The quantitative estimate of drug-likeness (QED) is 0.607. The smallest absolute Gasteiger partial charge is 0.254 e. The monoisotopic (exact) mass is 407 g/mol. The first-order valence-corrected chi connectivity index (χ1v) is 11.3. The van der Waals surface area contributed by atoms with Crippen molar-refractivity contribution in [2.75, 3.05) is 20.8 Å². The minimum atomic E-state index is 0.0651. The van der Waals surface area contributed by atoms with Crippen LogP contribution < -0.4 is 9.47 Å². The zero-order valence-corrected chi connectivity index (χ0v) is 18.2. The molecule has 1 unspecified atom stereocenters. The number of hydrogen-bond donors (Lipinski definition) is 0. The van der Waals surface area contributed by atoms with E-state index >= 15 is 0 Å². The lowest BCUT2D eigenvalue weighted by Gasteiger charge is -2.38. The van der Waals surface area contributed by atoms with Crippen LogP contribution in [0.25, 0.3) is 0 Å². The van der Waals surface area contributed by atoms with Crippen molar-refractivity contribution < 1.29 is 14.3 Å². The average Bonchev–Trinajstić information content (AvgIpc) is 2.82. The van der Waals surface area contributed by atoms with Crippen molar-refractivity contribution in [3.05, 3.63) is 59.2 Å². The van der Waals surface area contributed by atoms with Gasteiger partial charge in [-0.1, -0.05) is 56.4 Å². The Morgan fingerprint density at radius 2 is 1.67 bits per heavy atom. The zero-order valence-electron chi connectivity index (χ0n) is 18.2. The highest BCUT2D eigenvalue weighted by atomic mass is 16.5. The number of fused-ring (bicyclic) bond motifs is 1. The van der Waals surface area contributed by atoms with E-state index in [0.717, 1.165) is 25.3 Å². The van der Waals surface area contributed by atoms with Gasteiger partial charge in [-0.2, -0.15) is 0 Å². The van der Waals surface area contributed by atoms with Crippen LogP contribution in [-0.2, 0) is 6.42 Å². The molecular weight excluding hydrogens is 374 g/mol. The number of benzene rings is 2. The topological polar surface area (TPSA) is 38.8 Å². The number of rotatable bonds is 6. The fourth-order valence-electron chi connectivity index (χ4n) is 5.17. The molecule has 0 aromatic heterocycles. The van der Waals surface area contributed by atoms with Gasteiger partial charge in [0.2, 0.25) is 0 Å². The molecule has 1 fully saturated rings. The van der Waals surface area contributed by atoms with Crippen molar-refractivity contribution in [3.8, 4) is 11.5 Å². The summed E-state index contributed by atoms with van der Waals surface area (Å²) in [6, 6.07) is 14.2. The molecule has 4 nitrogen and oxygen atoms in total. The average molecular weight is 408 g/mol. The van der Waals surface area contributed by atoms with Gasteiger partial charge >= 0.3 is 0 Å². The van der Waals surface area contributed by atoms with E-state index in [-0.39, 0.29) is 11.9 Å². The van der Waals surface area contributed by atoms with Crippen LogP contribution in [0.2, 0.25) is 0 Å². The Morgan fingerprint density at radius 3 is 2.37 bits per heavy atom. The third-order valence-electron chi connectivity index (χ3n) is 6.84. The second-order valence-corrected chi connectivity index (χ2v) is 8.65. The van der Waals surface area contributed by atoms with Crippen LogP contribution >= 0.6 is 0 Å². The van der Waals surface area contributed by atoms with E-state index in [1.54, 1.807) is 14.2 Å². The van der Waals surface area contributed by atoms with Crippen LogP contribution in [0.5, 0.6) is 11.5 Å². The van der Waals surface area contributed by atoms with Gasteiger partial charge in [-0.25, -0.2) is 0 Å². The number of methoxy groups -OCH3 is 2. The van der Waals surface area contributed by atoms with Gasteiger partial charge in [0.1, 0.15) is 11.5 Å². The Labute approximate surface area is 180 Å². The van der Waals surface area contributed by atoms with E-state index in [1.165, 1.54) is 49.7 Å². The van der Waals surface area contributed by atoms with Crippen LogP contribution in [0.3, 0.4) is 0 Å². The molecule has 2 aliphatic rings. The van der Waals surface area contributed by atoms with Gasteiger partial charge in [0.25, 0.3) is 5.91 Å². The maximum absolute atomic E-state index is 13.6. The molecular formula is C26H33NO3. The molecule has 30 heavy (non-hydrogen) atoms. The maximum atomic E-state index is 13.6. The Morgan fingerprint density at radius 1 is 0.967 bits per heavy atom. The van der Waals surface area contributed by atoms with Crippen molar-refractivity contribution in [3.63, 3.8) is 0 Å². The van der Waals surface area contributed by atoms with Crippen molar-refractivity contribution >= 4 is 5.91 Å². The van der Waals surface area contributed by atoms with E-state index in [0.29, 0.717) is 17.1 Å². The summed E-state index contributed by atoms with van der Waals surface area (Å²) in [4.78, 5) is 15.7. The first-order chi connectivity index (χ1) is 14.7. The summed E-state index contributed by atoms with van der Waals surface area (Å²) in [5, 5.41) is 0. The lowest BCUT2D eigenvalue weighted by atomic mass is 9.82. The molecule has 2 aromatic carbocycles. The van der Waals surface area contributed by atoms with Crippen molar-refractivity contribution in [1.82, 2.24) is 4.90 Å². The van der Waals surface area contributed by atoms with Crippen LogP contribution in [0, 0.1) is 5.92 Å². The van der Waals surface area contributed by atoms with Crippen LogP contribution in [0.15, 0.2) is 42.5 Å². The van der Waals surface area contributed by atoms with Gasteiger partial charge in [0.05, 0.1) is 20.3 Å². The number of ether oxygens (including phenoxy) is 2. The Balaban J connectivity index is 1.60. The highest BCUT2D eigenvalue weighted by molar-refractivity contribution is 5.95. The summed E-state index contributed by atoms with van der Waals surface area (Å²) in [5.41, 5.74) is 3.34. The highest BCUT2D eigenvalue weighted by Gasteiger charge is 2.32. The molecule has 0 saturated heterocycles. The SMILES string of the molecule is COc1cc(OC)cc(C(=O)N2CCc3ccccc3C2CCC2CCCCC2)c1. The maximum Gasteiger partial charge on any atom is 0.254 e. The van der Waals surface area contributed by atoms with E-state index in [1.807, 2.05) is 18.2 Å². The Bertz CT molecular complexity index is 850. The molecule has 1 saturated carbocycles.